The van der Waals surface area contributed by atoms with E-state index in [1.807, 2.05) is 0 Å². The topological polar surface area (TPSA) is 51.0 Å². The van der Waals surface area contributed by atoms with E-state index >= 15 is 0 Å². The van der Waals surface area contributed by atoms with Crippen LogP contribution in [0.2, 0.25) is 0 Å². The van der Waals surface area contributed by atoms with E-state index in [9.17, 15) is 0 Å². The van der Waals surface area contributed by atoms with Crippen molar-refractivity contribution in [2.24, 2.45) is 5.73 Å². The quantitative estimate of drug-likeness (QED) is 0.843. The molecule has 3 aliphatic rings. The maximum absolute atomic E-state index is 6.41. The van der Waals surface area contributed by atoms with Gasteiger partial charge in [-0.3, -0.25) is 9.80 Å². The van der Waals surface area contributed by atoms with Gasteiger partial charge in [-0.15, -0.1) is 0 Å². The van der Waals surface area contributed by atoms with Crippen LogP contribution >= 0.6 is 0 Å². The third kappa shape index (κ3) is 3.27. The van der Waals surface area contributed by atoms with Crippen molar-refractivity contribution in [1.29, 1.82) is 0 Å². The molecule has 3 unspecified atom stereocenters. The van der Waals surface area contributed by atoms with Gasteiger partial charge in [-0.25, -0.2) is 0 Å². The summed E-state index contributed by atoms with van der Waals surface area (Å²) in [5, 5.41) is 0. The molecule has 21 heavy (non-hydrogen) atoms. The molecule has 3 fully saturated rings. The van der Waals surface area contributed by atoms with E-state index < -0.39 is 0 Å². The molecule has 0 aromatic heterocycles. The highest BCUT2D eigenvalue weighted by atomic mass is 16.7. The minimum Gasteiger partial charge on any atom is -0.347 e. The average molecular weight is 297 g/mol. The van der Waals surface area contributed by atoms with Gasteiger partial charge in [-0.05, 0) is 19.8 Å². The summed E-state index contributed by atoms with van der Waals surface area (Å²) in [4.78, 5) is 5.18. The Bertz CT molecular complexity index is 338. The average Bonchev–Trinajstić information content (AvgIpc) is 2.98. The standard InChI is InChI=1S/C16H31N3O2/c1-3-13(2)18-6-8-19(9-7-18)15-12-16(5-4-14(15)17)20-10-11-21-16/h13-15H,3-12,17H2,1-2H3. The second-order valence-corrected chi connectivity index (χ2v) is 6.91. The van der Waals surface area contributed by atoms with Crippen LogP contribution in [0.25, 0.3) is 0 Å². The number of piperazine rings is 1. The van der Waals surface area contributed by atoms with Gasteiger partial charge >= 0.3 is 0 Å². The van der Waals surface area contributed by atoms with Crippen molar-refractivity contribution < 1.29 is 9.47 Å². The Morgan fingerprint density at radius 2 is 1.86 bits per heavy atom. The first-order valence-electron chi connectivity index (χ1n) is 8.65. The molecular weight excluding hydrogens is 266 g/mol. The maximum Gasteiger partial charge on any atom is 0.170 e. The molecule has 1 saturated carbocycles. The number of rotatable bonds is 3. The zero-order valence-corrected chi connectivity index (χ0v) is 13.6. The summed E-state index contributed by atoms with van der Waals surface area (Å²) in [5.41, 5.74) is 6.41. The molecule has 0 radical (unpaired) electrons. The van der Waals surface area contributed by atoms with Gasteiger partial charge in [0.25, 0.3) is 0 Å². The van der Waals surface area contributed by atoms with E-state index in [1.165, 1.54) is 6.42 Å². The summed E-state index contributed by atoms with van der Waals surface area (Å²) in [6, 6.07) is 1.37. The molecule has 0 amide bonds. The predicted octanol–water partition coefficient (Wildman–Crippen LogP) is 1.03. The summed E-state index contributed by atoms with van der Waals surface area (Å²) < 4.78 is 11.8. The lowest BCUT2D eigenvalue weighted by Gasteiger charge is -2.48. The fraction of sp³-hybridized carbons (Fsp3) is 1.00. The Hall–Kier alpha value is -0.200. The van der Waals surface area contributed by atoms with Crippen molar-refractivity contribution in [3.63, 3.8) is 0 Å². The molecule has 1 aliphatic carbocycles. The van der Waals surface area contributed by atoms with Crippen molar-refractivity contribution in [2.75, 3.05) is 39.4 Å². The Morgan fingerprint density at radius 1 is 1.19 bits per heavy atom. The number of hydrogen-bond acceptors (Lipinski definition) is 5. The summed E-state index contributed by atoms with van der Waals surface area (Å²) in [5.74, 6) is -0.325. The molecule has 2 heterocycles. The highest BCUT2D eigenvalue weighted by Crippen LogP contribution is 2.37. The zero-order chi connectivity index (χ0) is 14.9. The Labute approximate surface area is 128 Å². The maximum atomic E-state index is 6.41. The smallest absolute Gasteiger partial charge is 0.170 e. The summed E-state index contributed by atoms with van der Waals surface area (Å²) in [6.45, 7) is 10.6. The Morgan fingerprint density at radius 3 is 2.48 bits per heavy atom. The highest BCUT2D eigenvalue weighted by molar-refractivity contribution is 4.96. The third-order valence-electron chi connectivity index (χ3n) is 5.72. The third-order valence-corrected chi connectivity index (χ3v) is 5.72. The Balaban J connectivity index is 1.58. The minimum absolute atomic E-state index is 0.263. The number of nitrogens with two attached hydrogens (primary N) is 1. The van der Waals surface area contributed by atoms with Crippen LogP contribution < -0.4 is 5.73 Å². The van der Waals surface area contributed by atoms with Gasteiger partial charge in [-0.1, -0.05) is 6.92 Å². The van der Waals surface area contributed by atoms with Crippen LogP contribution in [-0.2, 0) is 9.47 Å². The van der Waals surface area contributed by atoms with E-state index in [2.05, 4.69) is 23.6 Å². The van der Waals surface area contributed by atoms with E-state index in [0.717, 1.165) is 58.7 Å². The second-order valence-electron chi connectivity index (χ2n) is 6.91. The normalized spacial score (nSPS) is 36.1. The van der Waals surface area contributed by atoms with Gasteiger partial charge in [0.15, 0.2) is 5.79 Å². The fourth-order valence-corrected chi connectivity index (χ4v) is 4.08. The van der Waals surface area contributed by atoms with Crippen LogP contribution in [0.1, 0.15) is 39.5 Å². The van der Waals surface area contributed by atoms with Gasteiger partial charge in [0.1, 0.15) is 0 Å². The summed E-state index contributed by atoms with van der Waals surface area (Å²) in [6.07, 6.45) is 4.14. The van der Waals surface area contributed by atoms with Crippen LogP contribution in [0.15, 0.2) is 0 Å². The van der Waals surface area contributed by atoms with E-state index in [-0.39, 0.29) is 11.8 Å². The number of hydrogen-bond donors (Lipinski definition) is 1. The highest BCUT2D eigenvalue weighted by Gasteiger charge is 2.46. The molecule has 5 nitrogen and oxygen atoms in total. The molecule has 5 heteroatoms. The molecule has 3 rings (SSSR count). The zero-order valence-electron chi connectivity index (χ0n) is 13.6. The second kappa shape index (κ2) is 6.50. The van der Waals surface area contributed by atoms with Crippen LogP contribution in [0.5, 0.6) is 0 Å². The molecule has 122 valence electrons. The number of nitrogens with zero attached hydrogens (tertiary/aromatic N) is 2. The lowest BCUT2D eigenvalue weighted by atomic mass is 9.85. The molecule has 2 saturated heterocycles. The first kappa shape index (κ1) is 15.7. The van der Waals surface area contributed by atoms with Gasteiger partial charge in [-0.2, -0.15) is 0 Å². The largest absolute Gasteiger partial charge is 0.347 e. The monoisotopic (exact) mass is 297 g/mol. The molecule has 1 spiro atoms. The van der Waals surface area contributed by atoms with Crippen LogP contribution in [0.4, 0.5) is 0 Å². The van der Waals surface area contributed by atoms with Gasteiger partial charge in [0.05, 0.1) is 13.2 Å². The van der Waals surface area contributed by atoms with Crippen molar-refractivity contribution in [2.45, 2.75) is 63.4 Å². The van der Waals surface area contributed by atoms with E-state index in [0.29, 0.717) is 12.1 Å². The molecule has 0 aromatic carbocycles. The summed E-state index contributed by atoms with van der Waals surface area (Å²) in [7, 11) is 0. The lowest BCUT2D eigenvalue weighted by molar-refractivity contribution is -0.193. The lowest BCUT2D eigenvalue weighted by Crippen LogP contribution is -2.61. The summed E-state index contributed by atoms with van der Waals surface area (Å²) >= 11 is 0. The van der Waals surface area contributed by atoms with Gasteiger partial charge in [0.2, 0.25) is 0 Å². The molecule has 3 atom stereocenters. The first-order chi connectivity index (χ1) is 10.1. The molecule has 0 aromatic rings. The Kier molecular flexibility index (Phi) is 4.86. The van der Waals surface area contributed by atoms with E-state index in [1.54, 1.807) is 0 Å². The molecular formula is C16H31N3O2. The molecule has 0 bridgehead atoms. The van der Waals surface area contributed by atoms with Gasteiger partial charge < -0.3 is 15.2 Å². The van der Waals surface area contributed by atoms with Crippen molar-refractivity contribution in [1.82, 2.24) is 9.80 Å². The minimum atomic E-state index is -0.325. The van der Waals surface area contributed by atoms with E-state index in [4.69, 9.17) is 15.2 Å². The van der Waals surface area contributed by atoms with Crippen molar-refractivity contribution in [3.8, 4) is 0 Å². The van der Waals surface area contributed by atoms with Crippen LogP contribution in [0.3, 0.4) is 0 Å². The molecule has 2 N–H and O–H groups in total. The fourth-order valence-electron chi connectivity index (χ4n) is 4.08. The van der Waals surface area contributed by atoms with Crippen LogP contribution in [-0.4, -0.2) is 73.1 Å². The number of ether oxygens (including phenoxy) is 2. The van der Waals surface area contributed by atoms with Crippen molar-refractivity contribution in [3.05, 3.63) is 0 Å². The predicted molar refractivity (Wildman–Crippen MR) is 83.1 cm³/mol. The first-order valence-corrected chi connectivity index (χ1v) is 8.65. The van der Waals surface area contributed by atoms with Gasteiger partial charge in [0, 0.05) is 57.1 Å². The van der Waals surface area contributed by atoms with Crippen LogP contribution in [0, 0.1) is 0 Å². The molecule has 2 aliphatic heterocycles. The van der Waals surface area contributed by atoms with Crippen molar-refractivity contribution >= 4 is 0 Å². The SMILES string of the molecule is CCC(C)N1CCN(C2CC3(CCC2N)OCCO3)CC1.